The Balaban J connectivity index is 2.24. The molecule has 0 amide bonds. The Bertz CT molecular complexity index is 175. The van der Waals surface area contributed by atoms with Crippen LogP contribution in [0, 0.1) is 5.92 Å². The van der Waals surface area contributed by atoms with Gasteiger partial charge in [0.05, 0.1) is 12.2 Å². The smallest absolute Gasteiger partial charge is 0.0636 e. The van der Waals surface area contributed by atoms with Crippen LogP contribution in [-0.4, -0.2) is 39.5 Å². The number of hydrogen-bond acceptors (Lipinski definition) is 3. The highest BCUT2D eigenvalue weighted by Gasteiger charge is 2.30. The molecule has 0 aromatic carbocycles. The van der Waals surface area contributed by atoms with Crippen molar-refractivity contribution < 1.29 is 9.47 Å². The van der Waals surface area contributed by atoms with Gasteiger partial charge in [-0.2, -0.15) is 0 Å². The first-order chi connectivity index (χ1) is 7.81. The van der Waals surface area contributed by atoms with E-state index in [4.69, 9.17) is 9.47 Å². The number of nitrogens with one attached hydrogen (secondary N) is 1. The number of ether oxygens (including phenoxy) is 2. The van der Waals surface area contributed by atoms with Crippen molar-refractivity contribution >= 4 is 0 Å². The van der Waals surface area contributed by atoms with Gasteiger partial charge in [-0.25, -0.2) is 0 Å². The van der Waals surface area contributed by atoms with Crippen LogP contribution in [0.15, 0.2) is 0 Å². The van der Waals surface area contributed by atoms with Gasteiger partial charge < -0.3 is 14.8 Å². The Morgan fingerprint density at radius 2 is 2.00 bits per heavy atom. The Morgan fingerprint density at radius 1 is 1.19 bits per heavy atom. The lowest BCUT2D eigenvalue weighted by molar-refractivity contribution is -0.0405. The summed E-state index contributed by atoms with van der Waals surface area (Å²) < 4.78 is 11.0. The standard InChI is InChI=1S/C13H27NO2/c1-4-5-8-14-10-11-6-7-12(15-2)9-13(11)16-3/h11-14H,4-10H2,1-3H3. The lowest BCUT2D eigenvalue weighted by atomic mass is 9.84. The molecule has 0 aromatic heterocycles. The molecule has 0 aromatic rings. The van der Waals surface area contributed by atoms with Gasteiger partial charge in [-0.3, -0.25) is 0 Å². The van der Waals surface area contributed by atoms with Crippen molar-refractivity contribution in [2.24, 2.45) is 5.92 Å². The van der Waals surface area contributed by atoms with Crippen molar-refractivity contribution in [1.29, 1.82) is 0 Å². The quantitative estimate of drug-likeness (QED) is 0.679. The molecule has 16 heavy (non-hydrogen) atoms. The largest absolute Gasteiger partial charge is 0.381 e. The third-order valence-electron chi connectivity index (χ3n) is 3.63. The average Bonchev–Trinajstić information content (AvgIpc) is 2.34. The first-order valence-electron chi connectivity index (χ1n) is 6.58. The van der Waals surface area contributed by atoms with Crippen molar-refractivity contribution in [3.05, 3.63) is 0 Å². The van der Waals surface area contributed by atoms with Crippen molar-refractivity contribution in [2.45, 2.75) is 51.2 Å². The first-order valence-corrected chi connectivity index (χ1v) is 6.58. The van der Waals surface area contributed by atoms with Crippen molar-refractivity contribution in [2.75, 3.05) is 27.3 Å². The van der Waals surface area contributed by atoms with E-state index >= 15 is 0 Å². The van der Waals surface area contributed by atoms with Crippen LogP contribution in [0.3, 0.4) is 0 Å². The van der Waals surface area contributed by atoms with Crippen molar-refractivity contribution in [1.82, 2.24) is 5.32 Å². The SMILES string of the molecule is CCCCNCC1CCC(OC)CC1OC. The molecule has 3 atom stereocenters. The first kappa shape index (κ1) is 13.9. The molecule has 1 fully saturated rings. The van der Waals surface area contributed by atoms with Gasteiger partial charge in [0, 0.05) is 27.2 Å². The molecule has 0 aliphatic heterocycles. The van der Waals surface area contributed by atoms with E-state index in [0.29, 0.717) is 18.1 Å². The molecule has 0 radical (unpaired) electrons. The predicted octanol–water partition coefficient (Wildman–Crippen LogP) is 2.21. The van der Waals surface area contributed by atoms with E-state index in [1.165, 1.54) is 25.7 Å². The van der Waals surface area contributed by atoms with Crippen LogP contribution < -0.4 is 5.32 Å². The normalized spacial score (nSPS) is 30.6. The molecule has 0 spiro atoms. The molecule has 0 saturated heterocycles. The van der Waals surface area contributed by atoms with E-state index in [-0.39, 0.29) is 0 Å². The predicted molar refractivity (Wildman–Crippen MR) is 66.7 cm³/mol. The van der Waals surface area contributed by atoms with Gasteiger partial charge >= 0.3 is 0 Å². The highest BCUT2D eigenvalue weighted by Crippen LogP contribution is 2.27. The van der Waals surface area contributed by atoms with E-state index < -0.39 is 0 Å². The summed E-state index contributed by atoms with van der Waals surface area (Å²) in [4.78, 5) is 0. The molecule has 0 heterocycles. The molecule has 1 N–H and O–H groups in total. The van der Waals surface area contributed by atoms with E-state index in [1.54, 1.807) is 7.11 Å². The fourth-order valence-corrected chi connectivity index (χ4v) is 2.48. The minimum absolute atomic E-state index is 0.368. The maximum atomic E-state index is 5.57. The van der Waals surface area contributed by atoms with E-state index in [1.807, 2.05) is 7.11 Å². The van der Waals surface area contributed by atoms with Crippen molar-refractivity contribution in [3.8, 4) is 0 Å². The number of unbranched alkanes of at least 4 members (excludes halogenated alkanes) is 1. The van der Waals surface area contributed by atoms with Gasteiger partial charge in [0.1, 0.15) is 0 Å². The summed E-state index contributed by atoms with van der Waals surface area (Å²) in [6.07, 6.45) is 6.74. The van der Waals surface area contributed by atoms with Crippen LogP contribution in [0.4, 0.5) is 0 Å². The molecule has 3 nitrogen and oxygen atoms in total. The summed E-state index contributed by atoms with van der Waals surface area (Å²) >= 11 is 0. The summed E-state index contributed by atoms with van der Waals surface area (Å²) in [7, 11) is 3.62. The second kappa shape index (κ2) is 8.04. The molecular formula is C13H27NO2. The third kappa shape index (κ3) is 4.40. The van der Waals surface area contributed by atoms with Crippen LogP contribution in [0.1, 0.15) is 39.0 Å². The van der Waals surface area contributed by atoms with Crippen molar-refractivity contribution in [3.63, 3.8) is 0 Å². The zero-order valence-electron chi connectivity index (χ0n) is 11.0. The molecule has 1 saturated carbocycles. The second-order valence-electron chi connectivity index (χ2n) is 4.76. The van der Waals surface area contributed by atoms with E-state index in [2.05, 4.69) is 12.2 Å². The second-order valence-corrected chi connectivity index (χ2v) is 4.76. The third-order valence-corrected chi connectivity index (χ3v) is 3.63. The molecule has 0 bridgehead atoms. The number of methoxy groups -OCH3 is 2. The fraction of sp³-hybridized carbons (Fsp3) is 1.00. The van der Waals surface area contributed by atoms with Crippen LogP contribution in [0.5, 0.6) is 0 Å². The summed E-state index contributed by atoms with van der Waals surface area (Å²) in [5, 5.41) is 3.53. The molecule has 96 valence electrons. The molecular weight excluding hydrogens is 202 g/mol. The van der Waals surface area contributed by atoms with Gasteiger partial charge in [-0.1, -0.05) is 13.3 Å². The zero-order valence-corrected chi connectivity index (χ0v) is 11.0. The minimum Gasteiger partial charge on any atom is -0.381 e. The Hall–Kier alpha value is -0.120. The minimum atomic E-state index is 0.368. The van der Waals surface area contributed by atoms with Gasteiger partial charge in [-0.15, -0.1) is 0 Å². The van der Waals surface area contributed by atoms with E-state index in [0.717, 1.165) is 19.5 Å². The van der Waals surface area contributed by atoms with Crippen LogP contribution in [0.2, 0.25) is 0 Å². The maximum Gasteiger partial charge on any atom is 0.0636 e. The Morgan fingerprint density at radius 3 is 2.62 bits per heavy atom. The molecule has 3 unspecified atom stereocenters. The summed E-state index contributed by atoms with van der Waals surface area (Å²) in [5.41, 5.74) is 0. The molecule has 1 aliphatic carbocycles. The molecule has 1 rings (SSSR count). The topological polar surface area (TPSA) is 30.5 Å². The highest BCUT2D eigenvalue weighted by molar-refractivity contribution is 4.82. The highest BCUT2D eigenvalue weighted by atomic mass is 16.5. The number of hydrogen-bond donors (Lipinski definition) is 1. The van der Waals surface area contributed by atoms with Gasteiger partial charge in [-0.05, 0) is 31.7 Å². The monoisotopic (exact) mass is 229 g/mol. The van der Waals surface area contributed by atoms with Crippen LogP contribution in [0.25, 0.3) is 0 Å². The Kier molecular flexibility index (Phi) is 7.01. The fourth-order valence-electron chi connectivity index (χ4n) is 2.48. The van der Waals surface area contributed by atoms with Gasteiger partial charge in [0.25, 0.3) is 0 Å². The van der Waals surface area contributed by atoms with Gasteiger partial charge in [0.15, 0.2) is 0 Å². The summed E-state index contributed by atoms with van der Waals surface area (Å²) in [5.74, 6) is 0.660. The summed E-state index contributed by atoms with van der Waals surface area (Å²) in [6.45, 7) is 4.45. The summed E-state index contributed by atoms with van der Waals surface area (Å²) in [6, 6.07) is 0. The maximum absolute atomic E-state index is 5.57. The Labute approximate surface area is 99.9 Å². The lowest BCUT2D eigenvalue weighted by Crippen LogP contribution is -2.40. The zero-order chi connectivity index (χ0) is 11.8. The molecule has 3 heteroatoms. The van der Waals surface area contributed by atoms with Crippen LogP contribution >= 0.6 is 0 Å². The number of rotatable bonds is 7. The average molecular weight is 229 g/mol. The van der Waals surface area contributed by atoms with E-state index in [9.17, 15) is 0 Å². The lowest BCUT2D eigenvalue weighted by Gasteiger charge is -2.34. The molecule has 1 aliphatic rings. The van der Waals surface area contributed by atoms with Crippen LogP contribution in [-0.2, 0) is 9.47 Å². The van der Waals surface area contributed by atoms with Gasteiger partial charge in [0.2, 0.25) is 0 Å².